The molecule has 2 aromatic rings. The number of nitrogens with one attached hydrogen (secondary N) is 1. The maximum atomic E-state index is 5.93. The summed E-state index contributed by atoms with van der Waals surface area (Å²) in [5.41, 5.74) is 1.45. The van der Waals surface area contributed by atoms with Crippen molar-refractivity contribution in [2.75, 3.05) is 13.7 Å². The Bertz CT molecular complexity index is 530. The summed E-state index contributed by atoms with van der Waals surface area (Å²) in [5, 5.41) is 7.16. The highest BCUT2D eigenvalue weighted by atomic mass is 32.1. The molecule has 0 radical (unpaired) electrons. The van der Waals surface area contributed by atoms with E-state index in [0.29, 0.717) is 12.1 Å². The summed E-state index contributed by atoms with van der Waals surface area (Å²) in [6.45, 7) is 0.924. The fourth-order valence-electron chi connectivity index (χ4n) is 2.93. The quantitative estimate of drug-likeness (QED) is 0.920. The Balaban J connectivity index is 1.78. The van der Waals surface area contributed by atoms with Crippen molar-refractivity contribution in [1.29, 1.82) is 0 Å². The first kappa shape index (κ1) is 13.1. The molecule has 2 nitrogen and oxygen atoms in total. The van der Waals surface area contributed by atoms with Gasteiger partial charge < -0.3 is 10.1 Å². The van der Waals surface area contributed by atoms with Crippen LogP contribution in [0.15, 0.2) is 29.6 Å². The Hall–Kier alpha value is -0.900. The minimum absolute atomic E-state index is 0.373. The fraction of sp³-hybridized carbons (Fsp3) is 0.500. The molecule has 0 saturated carbocycles. The SMILES string of the molecule is CNC(Cc1csc2ccccc12)C1CCCCO1. The van der Waals surface area contributed by atoms with Crippen molar-refractivity contribution in [2.24, 2.45) is 0 Å². The highest BCUT2D eigenvalue weighted by molar-refractivity contribution is 7.17. The van der Waals surface area contributed by atoms with E-state index in [1.165, 1.54) is 34.9 Å². The van der Waals surface area contributed by atoms with Crippen molar-refractivity contribution in [1.82, 2.24) is 5.32 Å². The third-order valence-corrected chi connectivity index (χ3v) is 5.05. The van der Waals surface area contributed by atoms with Gasteiger partial charge in [-0.25, -0.2) is 0 Å². The van der Waals surface area contributed by atoms with Crippen molar-refractivity contribution < 1.29 is 4.74 Å². The lowest BCUT2D eigenvalue weighted by molar-refractivity contribution is -0.00579. The van der Waals surface area contributed by atoms with E-state index in [1.54, 1.807) is 0 Å². The summed E-state index contributed by atoms with van der Waals surface area (Å²) >= 11 is 1.84. The number of likely N-dealkylation sites (N-methyl/N-ethyl adjacent to an activating group) is 1. The number of rotatable bonds is 4. The number of fused-ring (bicyclic) bond motifs is 1. The zero-order valence-corrected chi connectivity index (χ0v) is 12.2. The number of ether oxygens (including phenoxy) is 1. The lowest BCUT2D eigenvalue weighted by Crippen LogP contribution is -2.42. The van der Waals surface area contributed by atoms with Crippen LogP contribution in [0.5, 0.6) is 0 Å². The van der Waals surface area contributed by atoms with E-state index < -0.39 is 0 Å². The predicted molar refractivity (Wildman–Crippen MR) is 82.0 cm³/mol. The predicted octanol–water partition coefficient (Wildman–Crippen LogP) is 3.60. The fourth-order valence-corrected chi connectivity index (χ4v) is 3.91. The molecule has 2 heterocycles. The molecule has 1 fully saturated rings. The van der Waals surface area contributed by atoms with E-state index in [-0.39, 0.29) is 0 Å². The highest BCUT2D eigenvalue weighted by Gasteiger charge is 2.24. The molecular formula is C16H21NOS. The van der Waals surface area contributed by atoms with Crippen LogP contribution in [0.25, 0.3) is 10.1 Å². The molecule has 1 aromatic carbocycles. The zero-order chi connectivity index (χ0) is 13.1. The van der Waals surface area contributed by atoms with Gasteiger partial charge >= 0.3 is 0 Å². The Labute approximate surface area is 118 Å². The largest absolute Gasteiger partial charge is 0.377 e. The van der Waals surface area contributed by atoms with Crippen molar-refractivity contribution >= 4 is 21.4 Å². The second-order valence-corrected chi connectivity index (χ2v) is 6.17. The maximum absolute atomic E-state index is 5.93. The lowest BCUT2D eigenvalue weighted by atomic mass is 9.96. The van der Waals surface area contributed by atoms with Crippen LogP contribution in [-0.4, -0.2) is 25.8 Å². The molecule has 0 spiro atoms. The normalized spacial score (nSPS) is 21.6. The summed E-state index contributed by atoms with van der Waals surface area (Å²) in [5.74, 6) is 0. The lowest BCUT2D eigenvalue weighted by Gasteiger charge is -2.30. The topological polar surface area (TPSA) is 21.3 Å². The molecule has 1 aliphatic heterocycles. The molecule has 0 amide bonds. The van der Waals surface area contributed by atoms with E-state index in [9.17, 15) is 0 Å². The molecule has 2 unspecified atom stereocenters. The first-order valence-corrected chi connectivity index (χ1v) is 8.00. The minimum atomic E-state index is 0.373. The molecule has 3 heteroatoms. The van der Waals surface area contributed by atoms with Gasteiger partial charge in [0.15, 0.2) is 0 Å². The van der Waals surface area contributed by atoms with E-state index in [1.807, 2.05) is 11.3 Å². The molecule has 1 N–H and O–H groups in total. The summed E-state index contributed by atoms with van der Waals surface area (Å²) in [4.78, 5) is 0. The Morgan fingerprint density at radius 1 is 1.37 bits per heavy atom. The molecular weight excluding hydrogens is 254 g/mol. The Kier molecular flexibility index (Phi) is 4.16. The smallest absolute Gasteiger partial charge is 0.0731 e. The molecule has 19 heavy (non-hydrogen) atoms. The van der Waals surface area contributed by atoms with Crippen molar-refractivity contribution in [2.45, 2.75) is 37.8 Å². The van der Waals surface area contributed by atoms with Gasteiger partial charge in [-0.15, -0.1) is 11.3 Å². The monoisotopic (exact) mass is 275 g/mol. The van der Waals surface area contributed by atoms with E-state index >= 15 is 0 Å². The molecule has 3 rings (SSSR count). The number of hydrogen-bond acceptors (Lipinski definition) is 3. The van der Waals surface area contributed by atoms with Gasteiger partial charge in [0.25, 0.3) is 0 Å². The van der Waals surface area contributed by atoms with Crippen LogP contribution < -0.4 is 5.32 Å². The van der Waals surface area contributed by atoms with Gasteiger partial charge in [0.05, 0.1) is 6.10 Å². The third-order valence-electron chi connectivity index (χ3n) is 4.04. The van der Waals surface area contributed by atoms with Crippen LogP contribution in [0.4, 0.5) is 0 Å². The average molecular weight is 275 g/mol. The van der Waals surface area contributed by atoms with Crippen LogP contribution in [0.3, 0.4) is 0 Å². The van der Waals surface area contributed by atoms with Gasteiger partial charge in [0.1, 0.15) is 0 Å². The van der Waals surface area contributed by atoms with Crippen molar-refractivity contribution in [3.8, 4) is 0 Å². The van der Waals surface area contributed by atoms with Gasteiger partial charge in [0, 0.05) is 17.3 Å². The van der Waals surface area contributed by atoms with E-state index in [2.05, 4.69) is 42.0 Å². The number of hydrogen-bond donors (Lipinski definition) is 1. The average Bonchev–Trinajstić information content (AvgIpc) is 2.89. The zero-order valence-electron chi connectivity index (χ0n) is 11.4. The molecule has 2 atom stereocenters. The van der Waals surface area contributed by atoms with E-state index in [4.69, 9.17) is 4.74 Å². The summed E-state index contributed by atoms with van der Waals surface area (Å²) in [6.07, 6.45) is 5.14. The highest BCUT2D eigenvalue weighted by Crippen LogP contribution is 2.28. The van der Waals surface area contributed by atoms with Gasteiger partial charge in [0.2, 0.25) is 0 Å². The van der Waals surface area contributed by atoms with Gasteiger partial charge in [-0.05, 0) is 55.1 Å². The van der Waals surface area contributed by atoms with Crippen LogP contribution >= 0.6 is 11.3 Å². The van der Waals surface area contributed by atoms with E-state index in [0.717, 1.165) is 13.0 Å². The molecule has 1 aliphatic rings. The molecule has 1 aromatic heterocycles. The van der Waals surface area contributed by atoms with Crippen molar-refractivity contribution in [3.05, 3.63) is 35.2 Å². The molecule has 102 valence electrons. The summed E-state index contributed by atoms with van der Waals surface area (Å²) in [7, 11) is 2.05. The van der Waals surface area contributed by atoms with Gasteiger partial charge in [-0.1, -0.05) is 18.2 Å². The summed E-state index contributed by atoms with van der Waals surface area (Å²) in [6, 6.07) is 9.11. The summed E-state index contributed by atoms with van der Waals surface area (Å²) < 4.78 is 7.32. The van der Waals surface area contributed by atoms with Crippen LogP contribution in [0, 0.1) is 0 Å². The Morgan fingerprint density at radius 3 is 3.05 bits per heavy atom. The van der Waals surface area contributed by atoms with Gasteiger partial charge in [-0.3, -0.25) is 0 Å². The van der Waals surface area contributed by atoms with Gasteiger partial charge in [-0.2, -0.15) is 0 Å². The van der Waals surface area contributed by atoms with Crippen LogP contribution in [0.1, 0.15) is 24.8 Å². The van der Waals surface area contributed by atoms with Crippen molar-refractivity contribution in [3.63, 3.8) is 0 Å². The molecule has 1 saturated heterocycles. The second kappa shape index (κ2) is 6.04. The molecule has 0 aliphatic carbocycles. The van der Waals surface area contributed by atoms with Crippen LogP contribution in [0.2, 0.25) is 0 Å². The minimum Gasteiger partial charge on any atom is -0.377 e. The number of thiophene rings is 1. The Morgan fingerprint density at radius 2 is 2.26 bits per heavy atom. The standard InChI is InChI=1S/C16H21NOS/c1-17-14(15-7-4-5-9-18-15)10-12-11-19-16-8-3-2-6-13(12)16/h2-3,6,8,11,14-15,17H,4-5,7,9-10H2,1H3. The first-order chi connectivity index (χ1) is 9.38. The van der Waals surface area contributed by atoms with Crippen LogP contribution in [-0.2, 0) is 11.2 Å². The second-order valence-electron chi connectivity index (χ2n) is 5.26. The first-order valence-electron chi connectivity index (χ1n) is 7.12. The molecule has 0 bridgehead atoms. The maximum Gasteiger partial charge on any atom is 0.0731 e. The number of benzene rings is 1. The third kappa shape index (κ3) is 2.83.